The number of hydrogen-bond donors (Lipinski definition) is 0. The molecule has 1 aromatic carbocycles. The van der Waals surface area contributed by atoms with Crippen LogP contribution in [0.3, 0.4) is 0 Å². The minimum Gasteiger partial charge on any atom is -0.466 e. The Morgan fingerprint density at radius 3 is 2.43 bits per heavy atom. The van der Waals surface area contributed by atoms with Crippen LogP contribution >= 0.6 is 0 Å². The Kier molecular flexibility index (Phi) is 4.17. The summed E-state index contributed by atoms with van der Waals surface area (Å²) in [7, 11) is 0. The molecule has 0 spiro atoms. The van der Waals surface area contributed by atoms with E-state index in [1.165, 1.54) is 0 Å². The second-order valence-corrected chi connectivity index (χ2v) is 3.12. The summed E-state index contributed by atoms with van der Waals surface area (Å²) in [6.45, 7) is 4.27. The highest BCUT2D eigenvalue weighted by Crippen LogP contribution is 2.20. The first-order valence-corrected chi connectivity index (χ1v) is 5.01. The van der Waals surface area contributed by atoms with Gasteiger partial charge in [-0.1, -0.05) is 37.3 Å². The monoisotopic (exact) mass is 192 g/mol. The molecule has 0 fully saturated rings. The molecule has 2 heteroatoms. The molecule has 76 valence electrons. The number of hydrogen-bond acceptors (Lipinski definition) is 2. The fourth-order valence-corrected chi connectivity index (χ4v) is 1.47. The summed E-state index contributed by atoms with van der Waals surface area (Å²) in [5, 5.41) is 0. The predicted octanol–water partition coefficient (Wildman–Crippen LogP) is 2.74. The van der Waals surface area contributed by atoms with E-state index in [0.717, 1.165) is 12.0 Å². The number of carbonyl (C=O) groups is 1. The van der Waals surface area contributed by atoms with E-state index in [1.54, 1.807) is 0 Å². The smallest absolute Gasteiger partial charge is 0.313 e. The second-order valence-electron chi connectivity index (χ2n) is 3.12. The van der Waals surface area contributed by atoms with Crippen molar-refractivity contribution in [3.8, 4) is 0 Å². The van der Waals surface area contributed by atoms with E-state index in [0.29, 0.717) is 6.61 Å². The standard InChI is InChI=1S/C12H16O2/c1-3-11(12(13)14-4-2)10-8-6-5-7-9-10/h5-9,11H,3-4H2,1-2H3/t11-/m0/s1. The molecule has 0 N–H and O–H groups in total. The maximum Gasteiger partial charge on any atom is 0.313 e. The van der Waals surface area contributed by atoms with Crippen molar-refractivity contribution >= 4 is 5.97 Å². The number of ether oxygens (including phenoxy) is 1. The highest BCUT2D eigenvalue weighted by Gasteiger charge is 2.18. The maximum absolute atomic E-state index is 11.6. The molecule has 1 atom stereocenters. The van der Waals surface area contributed by atoms with Gasteiger partial charge in [0.2, 0.25) is 0 Å². The SMILES string of the molecule is CCOC(=O)[C@@H](CC)c1ccccc1. The van der Waals surface area contributed by atoms with E-state index in [-0.39, 0.29) is 11.9 Å². The van der Waals surface area contributed by atoms with Crippen LogP contribution in [0.5, 0.6) is 0 Å². The molecule has 0 aliphatic carbocycles. The van der Waals surface area contributed by atoms with Crippen LogP contribution in [0.25, 0.3) is 0 Å². The highest BCUT2D eigenvalue weighted by atomic mass is 16.5. The van der Waals surface area contributed by atoms with E-state index in [2.05, 4.69) is 0 Å². The van der Waals surface area contributed by atoms with Gasteiger partial charge in [0.05, 0.1) is 12.5 Å². The lowest BCUT2D eigenvalue weighted by Gasteiger charge is -2.13. The minimum atomic E-state index is -0.124. The highest BCUT2D eigenvalue weighted by molar-refractivity contribution is 5.78. The number of benzene rings is 1. The summed E-state index contributed by atoms with van der Waals surface area (Å²) in [6.07, 6.45) is 0.781. The van der Waals surface area contributed by atoms with Crippen LogP contribution in [0.1, 0.15) is 31.7 Å². The largest absolute Gasteiger partial charge is 0.466 e. The normalized spacial score (nSPS) is 12.1. The van der Waals surface area contributed by atoms with Gasteiger partial charge in [0.15, 0.2) is 0 Å². The molecular formula is C12H16O2. The molecular weight excluding hydrogens is 176 g/mol. The van der Waals surface area contributed by atoms with Crippen LogP contribution < -0.4 is 0 Å². The molecule has 0 saturated carbocycles. The summed E-state index contributed by atoms with van der Waals surface area (Å²) in [5.41, 5.74) is 1.04. The molecule has 0 unspecified atom stereocenters. The predicted molar refractivity (Wildman–Crippen MR) is 56.1 cm³/mol. The first-order valence-electron chi connectivity index (χ1n) is 5.01. The molecule has 1 aromatic rings. The zero-order valence-corrected chi connectivity index (χ0v) is 8.69. The third-order valence-corrected chi connectivity index (χ3v) is 2.18. The van der Waals surface area contributed by atoms with Gasteiger partial charge in [0, 0.05) is 0 Å². The van der Waals surface area contributed by atoms with E-state index in [1.807, 2.05) is 44.2 Å². The Labute approximate surface area is 84.9 Å². The van der Waals surface area contributed by atoms with Crippen molar-refractivity contribution in [2.75, 3.05) is 6.61 Å². The minimum absolute atomic E-state index is 0.115. The van der Waals surface area contributed by atoms with E-state index in [4.69, 9.17) is 4.74 Å². The third-order valence-electron chi connectivity index (χ3n) is 2.18. The zero-order valence-electron chi connectivity index (χ0n) is 8.69. The summed E-state index contributed by atoms with van der Waals surface area (Å²) >= 11 is 0. The molecule has 0 bridgehead atoms. The van der Waals surface area contributed by atoms with Crippen LogP contribution in [0.15, 0.2) is 30.3 Å². The topological polar surface area (TPSA) is 26.3 Å². The molecule has 1 rings (SSSR count). The van der Waals surface area contributed by atoms with Gasteiger partial charge < -0.3 is 4.74 Å². The van der Waals surface area contributed by atoms with Gasteiger partial charge in [0.25, 0.3) is 0 Å². The second kappa shape index (κ2) is 5.43. The summed E-state index contributed by atoms with van der Waals surface area (Å²) in [4.78, 5) is 11.6. The van der Waals surface area contributed by atoms with Crippen LogP contribution in [0.2, 0.25) is 0 Å². The van der Waals surface area contributed by atoms with Crippen LogP contribution in [0, 0.1) is 0 Å². The van der Waals surface area contributed by atoms with Crippen molar-refractivity contribution in [3.05, 3.63) is 35.9 Å². The van der Waals surface area contributed by atoms with E-state index >= 15 is 0 Å². The number of carbonyl (C=O) groups excluding carboxylic acids is 1. The molecule has 0 amide bonds. The zero-order chi connectivity index (χ0) is 10.4. The average molecular weight is 192 g/mol. The molecule has 0 aliphatic heterocycles. The Balaban J connectivity index is 2.77. The van der Waals surface area contributed by atoms with Gasteiger partial charge in [-0.05, 0) is 18.9 Å². The Morgan fingerprint density at radius 1 is 1.29 bits per heavy atom. The first-order chi connectivity index (χ1) is 6.79. The third kappa shape index (κ3) is 2.59. The number of esters is 1. The molecule has 0 radical (unpaired) electrons. The van der Waals surface area contributed by atoms with Gasteiger partial charge in [-0.2, -0.15) is 0 Å². The van der Waals surface area contributed by atoms with Crippen molar-refractivity contribution in [2.45, 2.75) is 26.2 Å². The Morgan fingerprint density at radius 2 is 1.93 bits per heavy atom. The molecule has 0 aliphatic rings. The van der Waals surface area contributed by atoms with Crippen molar-refractivity contribution in [1.82, 2.24) is 0 Å². The van der Waals surface area contributed by atoms with E-state index in [9.17, 15) is 4.79 Å². The van der Waals surface area contributed by atoms with Crippen molar-refractivity contribution in [2.24, 2.45) is 0 Å². The fraction of sp³-hybridized carbons (Fsp3) is 0.417. The molecule has 14 heavy (non-hydrogen) atoms. The lowest BCUT2D eigenvalue weighted by atomic mass is 9.97. The fourth-order valence-electron chi connectivity index (χ4n) is 1.47. The number of rotatable bonds is 4. The molecule has 0 heterocycles. The molecule has 0 saturated heterocycles. The van der Waals surface area contributed by atoms with Crippen molar-refractivity contribution in [3.63, 3.8) is 0 Å². The maximum atomic E-state index is 11.6. The van der Waals surface area contributed by atoms with Crippen molar-refractivity contribution < 1.29 is 9.53 Å². The quantitative estimate of drug-likeness (QED) is 0.686. The molecule has 0 aromatic heterocycles. The Hall–Kier alpha value is -1.31. The van der Waals surface area contributed by atoms with E-state index < -0.39 is 0 Å². The van der Waals surface area contributed by atoms with Gasteiger partial charge in [0.1, 0.15) is 0 Å². The molecule has 2 nitrogen and oxygen atoms in total. The lowest BCUT2D eigenvalue weighted by Crippen LogP contribution is -2.15. The first kappa shape index (κ1) is 10.8. The average Bonchev–Trinajstić information content (AvgIpc) is 2.21. The van der Waals surface area contributed by atoms with Crippen LogP contribution in [-0.2, 0) is 9.53 Å². The summed E-state index contributed by atoms with van der Waals surface area (Å²) < 4.78 is 5.01. The van der Waals surface area contributed by atoms with Crippen LogP contribution in [0.4, 0.5) is 0 Å². The summed E-state index contributed by atoms with van der Waals surface area (Å²) in [5.74, 6) is -0.239. The summed E-state index contributed by atoms with van der Waals surface area (Å²) in [6, 6.07) is 9.76. The van der Waals surface area contributed by atoms with Crippen molar-refractivity contribution in [1.29, 1.82) is 0 Å². The van der Waals surface area contributed by atoms with Gasteiger partial charge in [-0.3, -0.25) is 4.79 Å². The van der Waals surface area contributed by atoms with Gasteiger partial charge in [-0.15, -0.1) is 0 Å². The lowest BCUT2D eigenvalue weighted by molar-refractivity contribution is -0.145. The Bertz CT molecular complexity index is 280. The van der Waals surface area contributed by atoms with Gasteiger partial charge in [-0.25, -0.2) is 0 Å². The van der Waals surface area contributed by atoms with Crippen LogP contribution in [-0.4, -0.2) is 12.6 Å². The van der Waals surface area contributed by atoms with Gasteiger partial charge >= 0.3 is 5.97 Å².